The van der Waals surface area contributed by atoms with Gasteiger partial charge in [0.15, 0.2) is 0 Å². The summed E-state index contributed by atoms with van der Waals surface area (Å²) < 4.78 is 5.81. The van der Waals surface area contributed by atoms with Gasteiger partial charge in [-0.3, -0.25) is 4.79 Å². The molecule has 1 amide bonds. The number of unbranched alkanes of at least 4 members (excludes halogenated alkanes) is 3. The molecular weight excluding hydrogens is 312 g/mol. The minimum Gasteiger partial charge on any atom is -0.489 e. The van der Waals surface area contributed by atoms with Gasteiger partial charge in [-0.25, -0.2) is 0 Å². The number of ether oxygens (including phenoxy) is 1. The molecule has 0 atom stereocenters. The Kier molecular flexibility index (Phi) is 7.99. The summed E-state index contributed by atoms with van der Waals surface area (Å²) in [5.74, 6) is 0.870. The Morgan fingerprint density at radius 3 is 2.52 bits per heavy atom. The second-order valence-electron chi connectivity index (χ2n) is 6.25. The predicted molar refractivity (Wildman–Crippen MR) is 103 cm³/mol. The Hall–Kier alpha value is -2.33. The van der Waals surface area contributed by atoms with Gasteiger partial charge in [-0.15, -0.1) is 0 Å². The first-order chi connectivity index (χ1) is 12.2. The number of nitrogens with two attached hydrogens (primary N) is 1. The fourth-order valence-corrected chi connectivity index (χ4v) is 2.60. The number of hydrogen-bond acceptors (Lipinski definition) is 3. The molecule has 134 valence electrons. The summed E-state index contributed by atoms with van der Waals surface area (Å²) in [6.45, 7) is 3.24. The average molecular weight is 340 g/mol. The van der Waals surface area contributed by atoms with Crippen LogP contribution in [0.4, 0.5) is 5.69 Å². The normalized spacial score (nSPS) is 10.5. The first-order valence-electron chi connectivity index (χ1n) is 8.96. The van der Waals surface area contributed by atoms with E-state index in [4.69, 9.17) is 10.5 Å². The van der Waals surface area contributed by atoms with Gasteiger partial charge in [0, 0.05) is 12.1 Å². The summed E-state index contributed by atoms with van der Waals surface area (Å²) in [6, 6.07) is 15.8. The maximum Gasteiger partial charge on any atom is 0.224 e. The van der Waals surface area contributed by atoms with Crippen LogP contribution in [0.15, 0.2) is 48.5 Å². The van der Waals surface area contributed by atoms with Crippen molar-refractivity contribution in [3.8, 4) is 5.75 Å². The summed E-state index contributed by atoms with van der Waals surface area (Å²) >= 11 is 0. The van der Waals surface area contributed by atoms with Crippen LogP contribution in [0.1, 0.15) is 43.2 Å². The van der Waals surface area contributed by atoms with Crippen molar-refractivity contribution >= 4 is 11.6 Å². The summed E-state index contributed by atoms with van der Waals surface area (Å²) in [6.07, 6.45) is 4.64. The second kappa shape index (κ2) is 10.5. The Morgan fingerprint density at radius 2 is 1.80 bits per heavy atom. The minimum absolute atomic E-state index is 0.0637. The van der Waals surface area contributed by atoms with Gasteiger partial charge >= 0.3 is 0 Å². The van der Waals surface area contributed by atoms with Gasteiger partial charge in [0.05, 0.1) is 0 Å². The molecular formula is C21H28N2O2. The van der Waals surface area contributed by atoms with E-state index < -0.39 is 0 Å². The van der Waals surface area contributed by atoms with Gasteiger partial charge in [0.1, 0.15) is 12.4 Å². The van der Waals surface area contributed by atoms with Crippen molar-refractivity contribution < 1.29 is 9.53 Å². The van der Waals surface area contributed by atoms with Gasteiger partial charge < -0.3 is 15.8 Å². The van der Waals surface area contributed by atoms with E-state index in [0.29, 0.717) is 13.0 Å². The van der Waals surface area contributed by atoms with E-state index in [2.05, 4.69) is 5.32 Å². The Morgan fingerprint density at radius 1 is 1.04 bits per heavy atom. The average Bonchev–Trinajstić information content (AvgIpc) is 2.63. The van der Waals surface area contributed by atoms with Crippen LogP contribution in [-0.4, -0.2) is 12.5 Å². The maximum absolute atomic E-state index is 12.0. The van der Waals surface area contributed by atoms with E-state index in [1.807, 2.05) is 55.5 Å². The molecule has 0 spiro atoms. The minimum atomic E-state index is 0.0637. The lowest BCUT2D eigenvalue weighted by Gasteiger charge is -2.11. The molecule has 0 heterocycles. The lowest BCUT2D eigenvalue weighted by molar-refractivity contribution is -0.116. The summed E-state index contributed by atoms with van der Waals surface area (Å²) in [4.78, 5) is 12.0. The third kappa shape index (κ3) is 6.98. The highest BCUT2D eigenvalue weighted by atomic mass is 16.5. The number of nitrogens with one attached hydrogen (secondary N) is 1. The smallest absolute Gasteiger partial charge is 0.224 e. The second-order valence-corrected chi connectivity index (χ2v) is 6.25. The molecule has 4 nitrogen and oxygen atoms in total. The molecule has 3 N–H and O–H groups in total. The van der Waals surface area contributed by atoms with Crippen LogP contribution < -0.4 is 15.8 Å². The Labute approximate surface area is 150 Å². The largest absolute Gasteiger partial charge is 0.489 e. The number of carbonyl (C=O) groups excluding carboxylic acids is 1. The number of anilines is 1. The molecule has 0 unspecified atom stereocenters. The van der Waals surface area contributed by atoms with Crippen LogP contribution in [0.5, 0.6) is 5.75 Å². The molecule has 0 aliphatic carbocycles. The molecule has 4 heteroatoms. The highest BCUT2D eigenvalue weighted by molar-refractivity contribution is 5.91. The molecule has 2 rings (SSSR count). The number of benzene rings is 2. The van der Waals surface area contributed by atoms with Crippen LogP contribution in [0, 0.1) is 6.92 Å². The zero-order valence-corrected chi connectivity index (χ0v) is 15.0. The van der Waals surface area contributed by atoms with E-state index in [0.717, 1.165) is 54.8 Å². The summed E-state index contributed by atoms with van der Waals surface area (Å²) in [7, 11) is 0. The highest BCUT2D eigenvalue weighted by Crippen LogP contribution is 2.22. The molecule has 0 aliphatic heterocycles. The van der Waals surface area contributed by atoms with Crippen LogP contribution in [-0.2, 0) is 11.4 Å². The molecule has 0 saturated carbocycles. The van der Waals surface area contributed by atoms with E-state index >= 15 is 0 Å². The first-order valence-corrected chi connectivity index (χ1v) is 8.96. The number of rotatable bonds is 10. The van der Waals surface area contributed by atoms with Crippen LogP contribution in [0.25, 0.3) is 0 Å². The van der Waals surface area contributed by atoms with Crippen molar-refractivity contribution in [3.63, 3.8) is 0 Å². The topological polar surface area (TPSA) is 64.3 Å². The summed E-state index contributed by atoms with van der Waals surface area (Å²) in [5, 5.41) is 2.98. The third-order valence-electron chi connectivity index (χ3n) is 4.08. The molecule has 0 saturated heterocycles. The SMILES string of the molecule is Cc1cc(OCc2ccccc2)ccc1NC(=O)CCCCCCN. The van der Waals surface area contributed by atoms with Gasteiger partial charge in [-0.1, -0.05) is 43.2 Å². The molecule has 25 heavy (non-hydrogen) atoms. The third-order valence-corrected chi connectivity index (χ3v) is 4.08. The fourth-order valence-electron chi connectivity index (χ4n) is 2.60. The molecule has 2 aromatic rings. The summed E-state index contributed by atoms with van der Waals surface area (Å²) in [5.41, 5.74) is 8.45. The number of carbonyl (C=O) groups is 1. The zero-order chi connectivity index (χ0) is 17.9. The quantitative estimate of drug-likeness (QED) is 0.629. The van der Waals surface area contributed by atoms with E-state index in [1.165, 1.54) is 0 Å². The maximum atomic E-state index is 12.0. The van der Waals surface area contributed by atoms with Crippen molar-refractivity contribution in [1.29, 1.82) is 0 Å². The van der Waals surface area contributed by atoms with Crippen LogP contribution >= 0.6 is 0 Å². The standard InChI is InChI=1S/C21H28N2O2/c1-17-15-19(25-16-18-9-5-4-6-10-18)12-13-20(17)23-21(24)11-7-2-3-8-14-22/h4-6,9-10,12-13,15H,2-3,7-8,11,14,16,22H2,1H3,(H,23,24). The highest BCUT2D eigenvalue weighted by Gasteiger charge is 2.06. The number of amides is 1. The first kappa shape index (κ1) is 19.0. The molecule has 0 fully saturated rings. The molecule has 0 radical (unpaired) electrons. The number of hydrogen-bond donors (Lipinski definition) is 2. The predicted octanol–water partition coefficient (Wildman–Crippen LogP) is 4.42. The van der Waals surface area contributed by atoms with Gasteiger partial charge in [-0.05, 0) is 55.6 Å². The molecule has 0 aliphatic rings. The van der Waals surface area contributed by atoms with E-state index in [1.54, 1.807) is 0 Å². The van der Waals surface area contributed by atoms with Gasteiger partial charge in [0.25, 0.3) is 0 Å². The zero-order valence-electron chi connectivity index (χ0n) is 15.0. The van der Waals surface area contributed by atoms with Crippen LogP contribution in [0.2, 0.25) is 0 Å². The lowest BCUT2D eigenvalue weighted by atomic mass is 10.1. The van der Waals surface area contributed by atoms with Crippen molar-refractivity contribution in [2.75, 3.05) is 11.9 Å². The fraction of sp³-hybridized carbons (Fsp3) is 0.381. The number of aryl methyl sites for hydroxylation is 1. The van der Waals surface area contributed by atoms with E-state index in [-0.39, 0.29) is 5.91 Å². The monoisotopic (exact) mass is 340 g/mol. The van der Waals surface area contributed by atoms with Gasteiger partial charge in [0.2, 0.25) is 5.91 Å². The Bertz CT molecular complexity index is 656. The molecule has 2 aromatic carbocycles. The molecule has 0 aromatic heterocycles. The Balaban J connectivity index is 1.79. The van der Waals surface area contributed by atoms with Crippen molar-refractivity contribution in [2.45, 2.75) is 45.6 Å². The van der Waals surface area contributed by atoms with Crippen LogP contribution in [0.3, 0.4) is 0 Å². The van der Waals surface area contributed by atoms with Crippen molar-refractivity contribution in [2.24, 2.45) is 5.73 Å². The van der Waals surface area contributed by atoms with Crippen molar-refractivity contribution in [3.05, 3.63) is 59.7 Å². The van der Waals surface area contributed by atoms with Crippen molar-refractivity contribution in [1.82, 2.24) is 0 Å². The van der Waals surface area contributed by atoms with E-state index in [9.17, 15) is 4.79 Å². The van der Waals surface area contributed by atoms with Gasteiger partial charge in [-0.2, -0.15) is 0 Å². The lowest BCUT2D eigenvalue weighted by Crippen LogP contribution is -2.12. The molecule has 0 bridgehead atoms.